The van der Waals surface area contributed by atoms with Gasteiger partial charge in [0.1, 0.15) is 11.9 Å². The van der Waals surface area contributed by atoms with E-state index in [1.807, 2.05) is 6.07 Å². The molecule has 2 unspecified atom stereocenters. The lowest BCUT2D eigenvalue weighted by molar-refractivity contribution is 0.170. The van der Waals surface area contributed by atoms with Crippen molar-refractivity contribution in [3.8, 4) is 5.75 Å². The van der Waals surface area contributed by atoms with Crippen LogP contribution in [-0.4, -0.2) is 12.6 Å². The van der Waals surface area contributed by atoms with E-state index in [1.54, 1.807) is 0 Å². The summed E-state index contributed by atoms with van der Waals surface area (Å²) >= 11 is 0. The van der Waals surface area contributed by atoms with Crippen LogP contribution in [-0.2, 0) is 0 Å². The van der Waals surface area contributed by atoms with Crippen LogP contribution in [0.15, 0.2) is 48.5 Å². The van der Waals surface area contributed by atoms with Gasteiger partial charge in [-0.2, -0.15) is 0 Å². The highest BCUT2D eigenvalue weighted by Gasteiger charge is 2.20. The summed E-state index contributed by atoms with van der Waals surface area (Å²) in [6.07, 6.45) is 0.0628. The molecule has 0 aliphatic heterocycles. The molecule has 2 nitrogen and oxygen atoms in total. The summed E-state index contributed by atoms with van der Waals surface area (Å²) in [4.78, 5) is 0. The highest BCUT2D eigenvalue weighted by atomic mass is 16.5. The molecule has 0 saturated carbocycles. The van der Waals surface area contributed by atoms with Crippen LogP contribution in [0.4, 0.5) is 0 Å². The molecular weight excluding hydrogens is 258 g/mol. The number of rotatable bonds is 6. The van der Waals surface area contributed by atoms with Crippen LogP contribution in [0.25, 0.3) is 0 Å². The van der Waals surface area contributed by atoms with Crippen molar-refractivity contribution < 1.29 is 4.74 Å². The Bertz CT molecular complexity index is 565. The van der Waals surface area contributed by atoms with Crippen molar-refractivity contribution in [2.45, 2.75) is 39.8 Å². The van der Waals surface area contributed by atoms with Crippen LogP contribution in [0.3, 0.4) is 0 Å². The number of hydrogen-bond donors (Lipinski definition) is 1. The number of ether oxygens (including phenoxy) is 1. The number of hydrogen-bond acceptors (Lipinski definition) is 2. The van der Waals surface area contributed by atoms with Crippen molar-refractivity contribution >= 4 is 0 Å². The van der Waals surface area contributed by atoms with E-state index in [4.69, 9.17) is 4.74 Å². The van der Waals surface area contributed by atoms with Gasteiger partial charge in [-0.1, -0.05) is 49.4 Å². The average molecular weight is 283 g/mol. The Kier molecular flexibility index (Phi) is 5.40. The standard InChI is InChI=1S/C19H25NO/c1-5-20-19(17-9-7-6-8-10-17)16(4)21-18-13-14(2)11-12-15(18)3/h6-13,16,19-20H,5H2,1-4H3. The molecule has 1 N–H and O–H groups in total. The number of likely N-dealkylation sites (N-methyl/N-ethyl adjacent to an activating group) is 1. The second-order valence-corrected chi connectivity index (χ2v) is 5.54. The number of benzene rings is 2. The third-order valence-electron chi connectivity index (χ3n) is 3.71. The molecule has 2 aromatic carbocycles. The van der Waals surface area contributed by atoms with Crippen molar-refractivity contribution in [3.63, 3.8) is 0 Å². The van der Waals surface area contributed by atoms with Crippen molar-refractivity contribution in [3.05, 3.63) is 65.2 Å². The number of aryl methyl sites for hydroxylation is 2. The molecule has 0 saturated heterocycles. The first-order valence-electron chi connectivity index (χ1n) is 7.64. The second-order valence-electron chi connectivity index (χ2n) is 5.54. The van der Waals surface area contributed by atoms with E-state index in [1.165, 1.54) is 16.7 Å². The molecule has 0 aromatic heterocycles. The van der Waals surface area contributed by atoms with Crippen LogP contribution < -0.4 is 10.1 Å². The maximum absolute atomic E-state index is 6.23. The fraction of sp³-hybridized carbons (Fsp3) is 0.368. The van der Waals surface area contributed by atoms with Crippen LogP contribution in [0.1, 0.15) is 36.6 Å². The Labute approximate surface area is 128 Å². The van der Waals surface area contributed by atoms with Gasteiger partial charge >= 0.3 is 0 Å². The zero-order valence-corrected chi connectivity index (χ0v) is 13.4. The molecule has 0 spiro atoms. The predicted molar refractivity (Wildman–Crippen MR) is 88.9 cm³/mol. The fourth-order valence-electron chi connectivity index (χ4n) is 2.54. The molecule has 2 atom stereocenters. The highest BCUT2D eigenvalue weighted by molar-refractivity contribution is 5.36. The molecule has 0 fully saturated rings. The summed E-state index contributed by atoms with van der Waals surface area (Å²) in [6.45, 7) is 9.35. The Hall–Kier alpha value is -1.80. The van der Waals surface area contributed by atoms with Gasteiger partial charge in [0.05, 0.1) is 6.04 Å². The van der Waals surface area contributed by atoms with Gasteiger partial charge in [-0.3, -0.25) is 0 Å². The molecule has 2 heteroatoms. The molecule has 21 heavy (non-hydrogen) atoms. The van der Waals surface area contributed by atoms with E-state index in [0.29, 0.717) is 0 Å². The van der Waals surface area contributed by atoms with Gasteiger partial charge in [-0.05, 0) is 50.1 Å². The summed E-state index contributed by atoms with van der Waals surface area (Å²) in [5.41, 5.74) is 3.66. The normalized spacial score (nSPS) is 13.7. The van der Waals surface area contributed by atoms with Crippen LogP contribution in [0, 0.1) is 13.8 Å². The molecular formula is C19H25NO. The Morgan fingerprint density at radius 1 is 1.05 bits per heavy atom. The third kappa shape index (κ3) is 4.08. The first-order chi connectivity index (χ1) is 10.1. The van der Waals surface area contributed by atoms with Gasteiger partial charge in [0.15, 0.2) is 0 Å². The average Bonchev–Trinajstić information content (AvgIpc) is 2.49. The topological polar surface area (TPSA) is 21.3 Å². The smallest absolute Gasteiger partial charge is 0.122 e. The zero-order valence-electron chi connectivity index (χ0n) is 13.4. The molecule has 2 rings (SSSR count). The van der Waals surface area contributed by atoms with E-state index < -0.39 is 0 Å². The van der Waals surface area contributed by atoms with Crippen molar-refractivity contribution in [2.75, 3.05) is 6.54 Å². The van der Waals surface area contributed by atoms with Gasteiger partial charge in [0, 0.05) is 0 Å². The third-order valence-corrected chi connectivity index (χ3v) is 3.71. The summed E-state index contributed by atoms with van der Waals surface area (Å²) < 4.78 is 6.23. The number of nitrogens with one attached hydrogen (secondary N) is 1. The lowest BCUT2D eigenvalue weighted by atomic mass is 10.0. The van der Waals surface area contributed by atoms with Gasteiger partial charge in [-0.25, -0.2) is 0 Å². The first-order valence-corrected chi connectivity index (χ1v) is 7.64. The Morgan fingerprint density at radius 3 is 2.43 bits per heavy atom. The molecule has 0 aliphatic rings. The van der Waals surface area contributed by atoms with Gasteiger partial charge in [0.25, 0.3) is 0 Å². The van der Waals surface area contributed by atoms with Gasteiger partial charge in [0.2, 0.25) is 0 Å². The summed E-state index contributed by atoms with van der Waals surface area (Å²) in [7, 11) is 0. The minimum Gasteiger partial charge on any atom is -0.488 e. The maximum atomic E-state index is 6.23. The van der Waals surface area contributed by atoms with Gasteiger partial charge in [-0.15, -0.1) is 0 Å². The molecule has 0 radical (unpaired) electrons. The summed E-state index contributed by atoms with van der Waals surface area (Å²) in [6, 6.07) is 17.0. The molecule has 0 bridgehead atoms. The van der Waals surface area contributed by atoms with E-state index in [-0.39, 0.29) is 12.1 Å². The van der Waals surface area contributed by atoms with Gasteiger partial charge < -0.3 is 10.1 Å². The molecule has 2 aromatic rings. The Morgan fingerprint density at radius 2 is 1.76 bits per heavy atom. The van der Waals surface area contributed by atoms with Crippen LogP contribution in [0.2, 0.25) is 0 Å². The first kappa shape index (κ1) is 15.6. The monoisotopic (exact) mass is 283 g/mol. The van der Waals surface area contributed by atoms with E-state index >= 15 is 0 Å². The van der Waals surface area contributed by atoms with Crippen LogP contribution in [0.5, 0.6) is 5.75 Å². The quantitative estimate of drug-likeness (QED) is 0.847. The van der Waals surface area contributed by atoms with E-state index in [0.717, 1.165) is 12.3 Å². The lowest BCUT2D eigenvalue weighted by Crippen LogP contribution is -2.33. The van der Waals surface area contributed by atoms with Crippen molar-refractivity contribution in [1.82, 2.24) is 5.32 Å². The highest BCUT2D eigenvalue weighted by Crippen LogP contribution is 2.25. The Balaban J connectivity index is 2.19. The fourth-order valence-corrected chi connectivity index (χ4v) is 2.54. The zero-order chi connectivity index (χ0) is 15.2. The molecule has 0 aliphatic carbocycles. The van der Waals surface area contributed by atoms with Crippen molar-refractivity contribution in [2.24, 2.45) is 0 Å². The summed E-state index contributed by atoms with van der Waals surface area (Å²) in [5.74, 6) is 0.973. The summed E-state index contributed by atoms with van der Waals surface area (Å²) in [5, 5.41) is 3.53. The lowest BCUT2D eigenvalue weighted by Gasteiger charge is -2.27. The predicted octanol–water partition coefficient (Wildman–Crippen LogP) is 4.42. The largest absolute Gasteiger partial charge is 0.488 e. The maximum Gasteiger partial charge on any atom is 0.122 e. The van der Waals surface area contributed by atoms with Crippen LogP contribution >= 0.6 is 0 Å². The SMILES string of the molecule is CCNC(c1ccccc1)C(C)Oc1cc(C)ccc1C. The van der Waals surface area contributed by atoms with E-state index in [2.05, 4.69) is 75.5 Å². The van der Waals surface area contributed by atoms with Crippen molar-refractivity contribution in [1.29, 1.82) is 0 Å². The van der Waals surface area contributed by atoms with E-state index in [9.17, 15) is 0 Å². The molecule has 0 amide bonds. The molecule has 0 heterocycles. The molecule has 112 valence electrons. The second kappa shape index (κ2) is 7.28. The minimum absolute atomic E-state index is 0.0628. The minimum atomic E-state index is 0.0628.